The first-order valence-electron chi connectivity index (χ1n) is 13.6. The lowest BCUT2D eigenvalue weighted by Gasteiger charge is -2.44. The van der Waals surface area contributed by atoms with Gasteiger partial charge in [-0.3, -0.25) is 9.59 Å². The molecule has 8 heteroatoms. The lowest BCUT2D eigenvalue weighted by atomic mass is 9.87. The summed E-state index contributed by atoms with van der Waals surface area (Å²) in [5.41, 5.74) is 2.17. The predicted octanol–water partition coefficient (Wildman–Crippen LogP) is 5.68. The van der Waals surface area contributed by atoms with Crippen molar-refractivity contribution in [1.82, 2.24) is 15.5 Å². The second-order valence-electron chi connectivity index (χ2n) is 11.1. The quantitative estimate of drug-likeness (QED) is 0.319. The minimum absolute atomic E-state index is 0.0454. The van der Waals surface area contributed by atoms with Crippen molar-refractivity contribution < 1.29 is 19.1 Å². The largest absolute Gasteiger partial charge is 0.444 e. The summed E-state index contributed by atoms with van der Waals surface area (Å²) in [6.07, 6.45) is 7.52. The number of thioether (sulfide) groups is 1. The molecule has 1 aliphatic carbocycles. The van der Waals surface area contributed by atoms with Gasteiger partial charge in [-0.1, -0.05) is 43.5 Å². The third kappa shape index (κ3) is 9.55. The van der Waals surface area contributed by atoms with Crippen LogP contribution in [0, 0.1) is 13.8 Å². The van der Waals surface area contributed by atoms with Crippen LogP contribution in [0.15, 0.2) is 18.2 Å². The molecule has 208 valence electrons. The number of alkyl carbamates (subject to hydrolysis) is 1. The predicted molar refractivity (Wildman–Crippen MR) is 152 cm³/mol. The normalized spacial score (nSPS) is 15.3. The van der Waals surface area contributed by atoms with E-state index in [2.05, 4.69) is 17.6 Å². The van der Waals surface area contributed by atoms with Crippen LogP contribution in [0.25, 0.3) is 0 Å². The Hall–Kier alpha value is -2.22. The minimum atomic E-state index is -0.775. The Morgan fingerprint density at radius 1 is 1.16 bits per heavy atom. The van der Waals surface area contributed by atoms with Crippen LogP contribution in [0.3, 0.4) is 0 Å². The zero-order valence-corrected chi connectivity index (χ0v) is 24.6. The third-order valence-electron chi connectivity index (χ3n) is 6.66. The van der Waals surface area contributed by atoms with Gasteiger partial charge in [-0.05, 0) is 89.9 Å². The first kappa shape index (κ1) is 31.0. The van der Waals surface area contributed by atoms with Crippen LogP contribution in [-0.2, 0) is 14.3 Å². The summed E-state index contributed by atoms with van der Waals surface area (Å²) >= 11 is 1.62. The van der Waals surface area contributed by atoms with Crippen molar-refractivity contribution in [2.45, 2.75) is 110 Å². The zero-order chi connectivity index (χ0) is 27.6. The lowest BCUT2D eigenvalue weighted by molar-refractivity contribution is -0.147. The molecule has 0 heterocycles. The second kappa shape index (κ2) is 14.6. The fourth-order valence-electron chi connectivity index (χ4n) is 4.46. The molecular weight excluding hydrogens is 486 g/mol. The molecule has 1 aromatic carbocycles. The summed E-state index contributed by atoms with van der Waals surface area (Å²) in [5.74, 6) is 0.312. The number of hydrogen-bond donors (Lipinski definition) is 2. The molecule has 7 nitrogen and oxygen atoms in total. The molecule has 0 bridgehead atoms. The van der Waals surface area contributed by atoms with Crippen molar-refractivity contribution in [1.29, 1.82) is 0 Å². The van der Waals surface area contributed by atoms with E-state index in [0.29, 0.717) is 18.7 Å². The van der Waals surface area contributed by atoms with Crippen molar-refractivity contribution in [3.05, 3.63) is 34.9 Å². The van der Waals surface area contributed by atoms with E-state index in [0.717, 1.165) is 55.2 Å². The van der Waals surface area contributed by atoms with Crippen molar-refractivity contribution in [3.63, 3.8) is 0 Å². The molecule has 2 N–H and O–H groups in total. The molecule has 0 radical (unpaired) electrons. The van der Waals surface area contributed by atoms with Crippen molar-refractivity contribution in [2.24, 2.45) is 0 Å². The number of benzene rings is 1. The Bertz CT molecular complexity index is 911. The van der Waals surface area contributed by atoms with Crippen LogP contribution in [0.5, 0.6) is 0 Å². The standard InChI is InChI=1S/C29H47N3O4S/c1-8-9-10-17-30-26(33)25(23-19-20(2)14-15-21(23)3)32(22-12-11-13-22)27(34)24(16-18-37-7)31-28(35)36-29(4,5)6/h14-15,19,22,24-25H,8-13,16-18H2,1-7H3,(H,30,33)(H,31,35). The topological polar surface area (TPSA) is 87.7 Å². The number of amides is 3. The SMILES string of the molecule is CCCCCNC(=O)C(c1cc(C)ccc1C)N(C(=O)C(CCSC)NC(=O)OC(C)(C)C)C1CCC1. The van der Waals surface area contributed by atoms with Gasteiger partial charge in [-0.15, -0.1) is 0 Å². The van der Waals surface area contributed by atoms with Crippen LogP contribution >= 0.6 is 11.8 Å². The van der Waals surface area contributed by atoms with Crippen LogP contribution in [0.2, 0.25) is 0 Å². The van der Waals surface area contributed by atoms with Gasteiger partial charge in [0.2, 0.25) is 11.8 Å². The van der Waals surface area contributed by atoms with E-state index < -0.39 is 23.8 Å². The van der Waals surface area contributed by atoms with Gasteiger partial charge >= 0.3 is 6.09 Å². The van der Waals surface area contributed by atoms with Gasteiger partial charge in [0.1, 0.15) is 17.7 Å². The molecule has 1 aromatic rings. The number of ether oxygens (including phenoxy) is 1. The monoisotopic (exact) mass is 533 g/mol. The Kier molecular flexibility index (Phi) is 12.3. The molecule has 0 aliphatic heterocycles. The van der Waals surface area contributed by atoms with E-state index in [9.17, 15) is 14.4 Å². The second-order valence-corrected chi connectivity index (χ2v) is 12.1. The Labute approximate surface area is 227 Å². The van der Waals surface area contributed by atoms with Crippen LogP contribution < -0.4 is 10.6 Å². The number of carbonyl (C=O) groups excluding carboxylic acids is 3. The number of carbonyl (C=O) groups is 3. The summed E-state index contributed by atoms with van der Waals surface area (Å²) in [7, 11) is 0. The summed E-state index contributed by atoms with van der Waals surface area (Å²) in [6, 6.07) is 4.48. The molecule has 37 heavy (non-hydrogen) atoms. The summed E-state index contributed by atoms with van der Waals surface area (Å²) in [4.78, 5) is 42.5. The molecule has 0 saturated heterocycles. The Balaban J connectivity index is 2.46. The molecule has 1 saturated carbocycles. The molecule has 3 amide bonds. The van der Waals surface area contributed by atoms with Gasteiger partial charge in [0.05, 0.1) is 0 Å². The molecule has 1 aliphatic rings. The van der Waals surface area contributed by atoms with Gasteiger partial charge in [0.25, 0.3) is 0 Å². The average Bonchev–Trinajstić information content (AvgIpc) is 2.78. The molecule has 0 spiro atoms. The fraction of sp³-hybridized carbons (Fsp3) is 0.690. The van der Waals surface area contributed by atoms with Crippen LogP contribution in [0.4, 0.5) is 4.79 Å². The van der Waals surface area contributed by atoms with Gasteiger partial charge in [0, 0.05) is 12.6 Å². The van der Waals surface area contributed by atoms with Crippen molar-refractivity contribution in [2.75, 3.05) is 18.6 Å². The minimum Gasteiger partial charge on any atom is -0.444 e. The van der Waals surface area contributed by atoms with E-state index in [1.807, 2.05) is 38.3 Å². The first-order valence-corrected chi connectivity index (χ1v) is 15.0. The maximum atomic E-state index is 14.2. The highest BCUT2D eigenvalue weighted by molar-refractivity contribution is 7.98. The average molecular weight is 534 g/mol. The van der Waals surface area contributed by atoms with E-state index in [1.54, 1.807) is 37.4 Å². The smallest absolute Gasteiger partial charge is 0.408 e. The summed E-state index contributed by atoms with van der Waals surface area (Å²) < 4.78 is 5.48. The highest BCUT2D eigenvalue weighted by Gasteiger charge is 2.42. The highest BCUT2D eigenvalue weighted by Crippen LogP contribution is 2.35. The van der Waals surface area contributed by atoms with E-state index in [-0.39, 0.29) is 17.9 Å². The maximum absolute atomic E-state index is 14.2. The lowest BCUT2D eigenvalue weighted by Crippen LogP contribution is -2.57. The molecule has 2 unspecified atom stereocenters. The number of rotatable bonds is 13. The fourth-order valence-corrected chi connectivity index (χ4v) is 4.93. The number of unbranched alkanes of at least 4 members (excludes halogenated alkanes) is 2. The molecular formula is C29H47N3O4S. The number of nitrogens with one attached hydrogen (secondary N) is 2. The molecule has 1 fully saturated rings. The zero-order valence-electron chi connectivity index (χ0n) is 23.8. The van der Waals surface area contributed by atoms with Crippen molar-refractivity contribution >= 4 is 29.7 Å². The first-order chi connectivity index (χ1) is 17.5. The molecule has 2 atom stereocenters. The van der Waals surface area contributed by atoms with Gasteiger partial charge < -0.3 is 20.3 Å². The van der Waals surface area contributed by atoms with Gasteiger partial charge in [-0.2, -0.15) is 11.8 Å². The van der Waals surface area contributed by atoms with E-state index in [4.69, 9.17) is 4.74 Å². The van der Waals surface area contributed by atoms with Gasteiger partial charge in [-0.25, -0.2) is 4.79 Å². The van der Waals surface area contributed by atoms with Crippen LogP contribution in [-0.4, -0.2) is 59.0 Å². The number of hydrogen-bond acceptors (Lipinski definition) is 5. The van der Waals surface area contributed by atoms with Gasteiger partial charge in [0.15, 0.2) is 0 Å². The number of nitrogens with zero attached hydrogens (tertiary/aromatic N) is 1. The van der Waals surface area contributed by atoms with E-state index >= 15 is 0 Å². The highest BCUT2D eigenvalue weighted by atomic mass is 32.2. The summed E-state index contributed by atoms with van der Waals surface area (Å²) in [6.45, 7) is 12.1. The Morgan fingerprint density at radius 3 is 2.43 bits per heavy atom. The summed E-state index contributed by atoms with van der Waals surface area (Å²) in [5, 5.41) is 5.93. The third-order valence-corrected chi connectivity index (χ3v) is 7.30. The van der Waals surface area contributed by atoms with Crippen LogP contribution in [0.1, 0.15) is 95.4 Å². The Morgan fingerprint density at radius 2 is 1.86 bits per heavy atom. The van der Waals surface area contributed by atoms with Crippen molar-refractivity contribution in [3.8, 4) is 0 Å². The van der Waals surface area contributed by atoms with E-state index in [1.165, 1.54) is 0 Å². The maximum Gasteiger partial charge on any atom is 0.408 e. The number of aryl methyl sites for hydroxylation is 2. The molecule has 2 rings (SSSR count). The molecule has 0 aromatic heterocycles.